The summed E-state index contributed by atoms with van der Waals surface area (Å²) in [5.41, 5.74) is 12.4. The van der Waals surface area contributed by atoms with Crippen molar-refractivity contribution in [3.8, 4) is 0 Å². The zero-order valence-corrected chi connectivity index (χ0v) is 42.4. The summed E-state index contributed by atoms with van der Waals surface area (Å²) in [4.78, 5) is 37.6. The van der Waals surface area contributed by atoms with Crippen LogP contribution >= 0.6 is 0 Å². The maximum absolute atomic E-state index is 16.5. The minimum absolute atomic E-state index is 0.109. The summed E-state index contributed by atoms with van der Waals surface area (Å²) < 4.78 is 14.6. The van der Waals surface area contributed by atoms with Crippen LogP contribution < -0.4 is 5.73 Å². The maximum atomic E-state index is 16.5. The molecule has 0 radical (unpaired) electrons. The van der Waals surface area contributed by atoms with E-state index in [1.54, 1.807) is 16.8 Å². The zero-order chi connectivity index (χ0) is 46.9. The molecule has 4 saturated carbocycles. The summed E-state index contributed by atoms with van der Waals surface area (Å²) in [6.07, 6.45) is 33.6. The van der Waals surface area contributed by atoms with Crippen LogP contribution in [-0.2, 0) is 26.3 Å². The van der Waals surface area contributed by atoms with Crippen molar-refractivity contribution in [3.63, 3.8) is 0 Å². The fraction of sp³-hybridized carbons (Fsp3) is 0.742. The number of ether oxygens (including phenoxy) is 2. The van der Waals surface area contributed by atoms with Gasteiger partial charge in [0.25, 0.3) is 0 Å². The number of aliphatic hydroxyl groups excluding tert-OH is 1. The van der Waals surface area contributed by atoms with Crippen LogP contribution in [0.4, 0.5) is 0 Å². The maximum Gasteiger partial charge on any atom is 0.339 e. The smallest absolute Gasteiger partial charge is 0.339 e. The minimum Gasteiger partial charge on any atom is -0.509 e. The number of nitrogens with two attached hydrogens (primary N) is 1. The van der Waals surface area contributed by atoms with E-state index in [0.717, 1.165) is 62.9 Å². The van der Waals surface area contributed by atoms with Crippen LogP contribution in [0.25, 0.3) is 0 Å². The summed E-state index contributed by atoms with van der Waals surface area (Å²) in [5, 5.41) is 13.7. The van der Waals surface area contributed by atoms with Gasteiger partial charge in [0.15, 0.2) is 11.4 Å². The Balaban J connectivity index is 0.993. The Morgan fingerprint density at radius 2 is 1.69 bits per heavy atom. The molecule has 12 bridgehead atoms. The molecular weight excluding hydrogens is 867 g/mol. The Labute approximate surface area is 417 Å². The van der Waals surface area contributed by atoms with E-state index in [4.69, 9.17) is 15.2 Å². The second kappa shape index (κ2) is 15.8. The van der Waals surface area contributed by atoms with Crippen LogP contribution in [0.5, 0.6) is 0 Å². The predicted molar refractivity (Wildman–Crippen MR) is 270 cm³/mol. The number of allylic oxidation sites excluding steroid dienone is 4. The number of hydrogen-bond acceptors (Lipinski definition) is 8. The van der Waals surface area contributed by atoms with Crippen molar-refractivity contribution in [2.75, 3.05) is 26.2 Å². The standard InChI is InChI=1S/C62H81N3O5/c1-36-27-42-19-20-49-43-28-37-33-64(35-43)45(31-44-15-5-6-22-59(44)23-7-8-24-59)32-50(66)56-60-25-21-46-53(55(42)65(49)34-37)47(36)29-41-18-17-40(38-11-3-2-4-12-38)30-51(61(60,54(41)46)58(68)69-56)62(60)48-16-9-13-39(14-10-26-63)52(48)57(67)70-62/h9,13,16-18,36-38,40-41,43-45,47,49,51,53,66H,2-8,10-12,14-15,19-35,63H2,1H3. The van der Waals surface area contributed by atoms with E-state index in [9.17, 15) is 5.11 Å². The van der Waals surface area contributed by atoms with Gasteiger partial charge in [0.1, 0.15) is 11.2 Å². The second-order valence-corrected chi connectivity index (χ2v) is 26.7. The normalized spacial score (nSPS) is 45.0. The number of aryl methyl sites for hydroxylation is 1. The van der Waals surface area contributed by atoms with Gasteiger partial charge in [-0.3, -0.25) is 9.69 Å². The van der Waals surface area contributed by atoms with Crippen molar-refractivity contribution in [2.24, 2.45) is 81.2 Å². The molecule has 8 nitrogen and oxygen atoms in total. The highest BCUT2D eigenvalue weighted by molar-refractivity contribution is 6.00. The molecule has 18 rings (SSSR count). The third-order valence-corrected chi connectivity index (χ3v) is 24.2. The molecule has 1 aromatic carbocycles. The van der Waals surface area contributed by atoms with Crippen molar-refractivity contribution in [1.29, 1.82) is 0 Å². The first-order chi connectivity index (χ1) is 34.2. The average molecular weight is 948 g/mol. The van der Waals surface area contributed by atoms with E-state index in [2.05, 4.69) is 47.1 Å². The van der Waals surface area contributed by atoms with Crippen molar-refractivity contribution in [3.05, 3.63) is 81.0 Å². The monoisotopic (exact) mass is 948 g/mol. The van der Waals surface area contributed by atoms with Gasteiger partial charge in [-0.2, -0.15) is 0 Å². The zero-order valence-electron chi connectivity index (χ0n) is 42.4. The highest BCUT2D eigenvalue weighted by atomic mass is 16.6. The third-order valence-electron chi connectivity index (χ3n) is 24.2. The largest absolute Gasteiger partial charge is 0.509 e. The fourth-order valence-corrected chi connectivity index (χ4v) is 21.8. The van der Waals surface area contributed by atoms with Crippen LogP contribution in [0, 0.1) is 75.4 Å². The van der Waals surface area contributed by atoms with Gasteiger partial charge in [-0.25, -0.2) is 4.79 Å². The molecule has 4 spiro atoms. The Hall–Kier alpha value is -3.36. The lowest BCUT2D eigenvalue weighted by atomic mass is 9.27. The Bertz CT molecular complexity index is 2530. The lowest BCUT2D eigenvalue weighted by molar-refractivity contribution is -0.282. The van der Waals surface area contributed by atoms with E-state index >= 15 is 9.59 Å². The minimum atomic E-state index is -1.13. The van der Waals surface area contributed by atoms with E-state index < -0.39 is 16.4 Å². The first kappa shape index (κ1) is 44.2. The summed E-state index contributed by atoms with van der Waals surface area (Å²) in [6, 6.07) is 7.17. The number of carbonyl (C=O) groups is 2. The molecule has 8 heteroatoms. The SMILES string of the molecule is CC1CC2=C3C4C5=C6C(C=CC(C7CCCCC7)CC7C68C(=O)OC(=C(O)CC(CC6CCCCC69CCCC9)N6CC9CC(C6)C(CC2)N3C9)C8(CC5)C72OC(=O)c3c(CCCN)cccc32)CC14. The topological polar surface area (TPSA) is 105 Å². The first-order valence-corrected chi connectivity index (χ1v) is 29.6. The number of nitrogens with zero attached hydrogens (tertiary/aromatic N) is 2. The molecule has 70 heavy (non-hydrogen) atoms. The Morgan fingerprint density at radius 1 is 0.857 bits per heavy atom. The first-order valence-electron chi connectivity index (χ1n) is 29.6. The average Bonchev–Trinajstić information content (AvgIpc) is 4.05. The second-order valence-electron chi connectivity index (χ2n) is 26.7. The Morgan fingerprint density at radius 3 is 2.53 bits per heavy atom. The molecule has 1 aromatic rings. The van der Waals surface area contributed by atoms with Crippen LogP contribution in [0.2, 0.25) is 0 Å². The van der Waals surface area contributed by atoms with Gasteiger partial charge in [0.05, 0.1) is 11.0 Å². The lowest BCUT2D eigenvalue weighted by Crippen LogP contribution is -2.78. The van der Waals surface area contributed by atoms with E-state index in [-0.39, 0.29) is 41.5 Å². The number of benzene rings is 1. The van der Waals surface area contributed by atoms with Crippen LogP contribution in [-0.4, -0.2) is 65.1 Å². The van der Waals surface area contributed by atoms with Gasteiger partial charge in [0.2, 0.25) is 0 Å². The van der Waals surface area contributed by atoms with Crippen LogP contribution in [0.1, 0.15) is 183 Å². The Kier molecular flexibility index (Phi) is 9.98. The number of carbonyl (C=O) groups excluding carboxylic acids is 2. The molecule has 3 N–H and O–H groups in total. The van der Waals surface area contributed by atoms with E-state index in [1.807, 2.05) is 0 Å². The number of aliphatic hydroxyl groups is 1. The van der Waals surface area contributed by atoms with Crippen molar-refractivity contribution in [1.82, 2.24) is 9.80 Å². The summed E-state index contributed by atoms with van der Waals surface area (Å²) in [7, 11) is 0. The highest BCUT2D eigenvalue weighted by Gasteiger charge is 2.94. The molecule has 15 atom stereocenters. The third kappa shape index (κ3) is 5.58. The van der Waals surface area contributed by atoms with Gasteiger partial charge in [-0.15, -0.1) is 0 Å². The van der Waals surface area contributed by atoms with Gasteiger partial charge in [0, 0.05) is 61.2 Å². The molecule has 17 aliphatic rings. The molecule has 0 amide bonds. The van der Waals surface area contributed by atoms with Gasteiger partial charge in [-0.05, 0) is 180 Å². The van der Waals surface area contributed by atoms with Gasteiger partial charge < -0.3 is 25.2 Å². The predicted octanol–water partition coefficient (Wildman–Crippen LogP) is 12.0. The molecule has 9 aliphatic heterocycles. The van der Waals surface area contributed by atoms with E-state index in [0.29, 0.717) is 90.0 Å². The van der Waals surface area contributed by atoms with Gasteiger partial charge >= 0.3 is 11.9 Å². The summed E-state index contributed by atoms with van der Waals surface area (Å²) in [6.45, 7) is 6.45. The number of hydrogen-bond donors (Lipinski definition) is 2. The number of fused-ring (bicyclic) bond motifs is 3. The molecule has 15 unspecified atom stereocenters. The van der Waals surface area contributed by atoms with E-state index in [1.165, 1.54) is 115 Å². The number of rotatable bonds is 6. The quantitative estimate of drug-likeness (QED) is 0.215. The fourth-order valence-electron chi connectivity index (χ4n) is 21.8. The molecule has 8 aliphatic carbocycles. The van der Waals surface area contributed by atoms with Crippen LogP contribution in [0.3, 0.4) is 0 Å². The molecule has 0 aromatic heterocycles. The van der Waals surface area contributed by atoms with Crippen molar-refractivity contribution >= 4 is 11.9 Å². The summed E-state index contributed by atoms with van der Waals surface area (Å²) >= 11 is 0. The molecule has 3 saturated heterocycles. The highest BCUT2D eigenvalue weighted by Crippen LogP contribution is 2.88. The molecular formula is C62H81N3O5. The van der Waals surface area contributed by atoms with Crippen LogP contribution in [0.15, 0.2) is 64.3 Å². The molecule has 374 valence electrons. The molecule has 9 heterocycles. The number of piperidine rings is 2. The molecule has 7 fully saturated rings. The summed E-state index contributed by atoms with van der Waals surface area (Å²) in [5.74, 6) is 4.26. The number of esters is 2. The van der Waals surface area contributed by atoms with Gasteiger partial charge in [-0.1, -0.05) is 93.4 Å². The lowest BCUT2D eigenvalue weighted by Gasteiger charge is -2.73. The van der Waals surface area contributed by atoms with Crippen molar-refractivity contribution < 1.29 is 24.2 Å². The van der Waals surface area contributed by atoms with Crippen molar-refractivity contribution in [2.45, 2.75) is 185 Å².